The number of nitrogens with one attached hydrogen (secondary N) is 2. The lowest BCUT2D eigenvalue weighted by Crippen LogP contribution is -2.22. The van der Waals surface area contributed by atoms with Crippen LogP contribution in [0.4, 0.5) is 5.69 Å². The molecule has 0 fully saturated rings. The number of benzene rings is 1. The number of anilines is 1. The Morgan fingerprint density at radius 1 is 1.09 bits per heavy atom. The maximum atomic E-state index is 12.4. The van der Waals surface area contributed by atoms with Gasteiger partial charge in [-0.25, -0.2) is 4.98 Å². The van der Waals surface area contributed by atoms with Crippen LogP contribution in [0.25, 0.3) is 11.0 Å². The number of pyridine rings is 2. The molecule has 0 saturated carbocycles. The number of aromatic nitrogens is 2. The monoisotopic (exact) mass is 293 g/mol. The molecule has 2 heterocycles. The van der Waals surface area contributed by atoms with Gasteiger partial charge in [0.05, 0.1) is 5.39 Å². The summed E-state index contributed by atoms with van der Waals surface area (Å²) in [5, 5.41) is 3.13. The fraction of sp³-hybridized carbons (Fsp3) is 0.118. The van der Waals surface area contributed by atoms with E-state index in [-0.39, 0.29) is 11.0 Å². The predicted molar refractivity (Wildman–Crippen MR) is 86.2 cm³/mol. The standard InChI is InChI=1S/C17H15N3O2/c1-10-3-6-12(7-4-10)20-17(22)14-9-18-16-13(15(14)21)8-5-11(2)19-16/h3-9H,1-2H3,(H,20,22)(H,18,19,21). The maximum Gasteiger partial charge on any atom is 0.261 e. The SMILES string of the molecule is Cc1ccc(NC(=O)c2c[nH]c3nc(C)ccc3c2=O)cc1. The Balaban J connectivity index is 1.97. The van der Waals surface area contributed by atoms with Crippen molar-refractivity contribution in [1.29, 1.82) is 0 Å². The average Bonchev–Trinajstić information content (AvgIpc) is 2.49. The van der Waals surface area contributed by atoms with Crippen molar-refractivity contribution in [2.24, 2.45) is 0 Å². The normalized spacial score (nSPS) is 10.6. The molecule has 0 atom stereocenters. The van der Waals surface area contributed by atoms with Crippen LogP contribution < -0.4 is 10.7 Å². The third-order valence-electron chi connectivity index (χ3n) is 3.43. The molecule has 3 rings (SSSR count). The van der Waals surface area contributed by atoms with Crippen molar-refractivity contribution >= 4 is 22.6 Å². The molecule has 0 bridgehead atoms. The zero-order valence-electron chi connectivity index (χ0n) is 12.3. The van der Waals surface area contributed by atoms with Gasteiger partial charge in [-0.3, -0.25) is 9.59 Å². The van der Waals surface area contributed by atoms with Crippen LogP contribution in [0.1, 0.15) is 21.6 Å². The molecular formula is C17H15N3O2. The van der Waals surface area contributed by atoms with E-state index < -0.39 is 5.91 Å². The number of nitrogens with zero attached hydrogens (tertiary/aromatic N) is 1. The Labute approximate surface area is 127 Å². The Morgan fingerprint density at radius 2 is 1.82 bits per heavy atom. The summed E-state index contributed by atoms with van der Waals surface area (Å²) in [5.41, 5.74) is 2.78. The van der Waals surface area contributed by atoms with Gasteiger partial charge >= 0.3 is 0 Å². The summed E-state index contributed by atoms with van der Waals surface area (Å²) < 4.78 is 0. The number of aryl methyl sites for hydroxylation is 2. The number of carbonyl (C=O) groups excluding carboxylic acids is 1. The molecule has 110 valence electrons. The molecule has 0 aliphatic heterocycles. The van der Waals surface area contributed by atoms with Crippen LogP contribution in [0, 0.1) is 13.8 Å². The van der Waals surface area contributed by atoms with Gasteiger partial charge in [-0.1, -0.05) is 17.7 Å². The minimum Gasteiger partial charge on any atom is -0.345 e. The highest BCUT2D eigenvalue weighted by Crippen LogP contribution is 2.11. The van der Waals surface area contributed by atoms with Crippen molar-refractivity contribution in [3.05, 3.63) is 69.6 Å². The molecule has 2 aromatic heterocycles. The van der Waals surface area contributed by atoms with E-state index in [9.17, 15) is 9.59 Å². The second kappa shape index (κ2) is 5.44. The Kier molecular flexibility index (Phi) is 3.47. The number of hydrogen-bond acceptors (Lipinski definition) is 3. The fourth-order valence-electron chi connectivity index (χ4n) is 2.21. The lowest BCUT2D eigenvalue weighted by molar-refractivity contribution is 0.102. The predicted octanol–water partition coefficient (Wildman–Crippen LogP) is 2.79. The van der Waals surface area contributed by atoms with Gasteiger partial charge in [0.25, 0.3) is 5.91 Å². The van der Waals surface area contributed by atoms with Gasteiger partial charge in [0.2, 0.25) is 5.43 Å². The molecule has 1 amide bonds. The number of H-pyrrole nitrogens is 1. The number of aromatic amines is 1. The van der Waals surface area contributed by atoms with E-state index in [1.165, 1.54) is 6.20 Å². The van der Waals surface area contributed by atoms with Crippen LogP contribution >= 0.6 is 0 Å². The van der Waals surface area contributed by atoms with Crippen molar-refractivity contribution in [3.63, 3.8) is 0 Å². The molecule has 0 spiro atoms. The molecule has 0 radical (unpaired) electrons. The van der Waals surface area contributed by atoms with Crippen LogP contribution in [-0.4, -0.2) is 15.9 Å². The van der Waals surface area contributed by atoms with Crippen molar-refractivity contribution in [2.75, 3.05) is 5.32 Å². The Morgan fingerprint density at radius 3 is 2.55 bits per heavy atom. The molecule has 0 saturated heterocycles. The van der Waals surface area contributed by atoms with Crippen molar-refractivity contribution in [1.82, 2.24) is 9.97 Å². The zero-order chi connectivity index (χ0) is 15.7. The minimum atomic E-state index is -0.437. The molecule has 2 N–H and O–H groups in total. The van der Waals surface area contributed by atoms with Gasteiger partial charge in [0, 0.05) is 17.6 Å². The number of carbonyl (C=O) groups is 1. The summed E-state index contributed by atoms with van der Waals surface area (Å²) in [5.74, 6) is -0.437. The maximum absolute atomic E-state index is 12.4. The first-order valence-electron chi connectivity index (χ1n) is 6.91. The van der Waals surface area contributed by atoms with E-state index in [0.717, 1.165) is 11.3 Å². The van der Waals surface area contributed by atoms with E-state index in [2.05, 4.69) is 15.3 Å². The van der Waals surface area contributed by atoms with Gasteiger partial charge in [0.1, 0.15) is 11.2 Å². The second-order valence-corrected chi connectivity index (χ2v) is 5.20. The van der Waals surface area contributed by atoms with Gasteiger partial charge < -0.3 is 10.3 Å². The molecule has 5 heteroatoms. The van der Waals surface area contributed by atoms with E-state index in [1.807, 2.05) is 26.0 Å². The molecule has 0 unspecified atom stereocenters. The van der Waals surface area contributed by atoms with Gasteiger partial charge in [-0.2, -0.15) is 0 Å². The minimum absolute atomic E-state index is 0.0683. The summed E-state index contributed by atoms with van der Waals surface area (Å²) in [6.07, 6.45) is 1.40. The summed E-state index contributed by atoms with van der Waals surface area (Å²) >= 11 is 0. The van der Waals surface area contributed by atoms with Crippen LogP contribution in [0.3, 0.4) is 0 Å². The molecule has 3 aromatic rings. The van der Waals surface area contributed by atoms with Crippen LogP contribution in [0.15, 0.2) is 47.4 Å². The summed E-state index contributed by atoms with van der Waals surface area (Å²) in [6, 6.07) is 10.8. The third kappa shape index (κ3) is 2.61. The smallest absolute Gasteiger partial charge is 0.261 e. The zero-order valence-corrected chi connectivity index (χ0v) is 12.3. The van der Waals surface area contributed by atoms with Crippen molar-refractivity contribution in [2.45, 2.75) is 13.8 Å². The number of amides is 1. The highest BCUT2D eigenvalue weighted by atomic mass is 16.2. The van der Waals surface area contributed by atoms with E-state index in [1.54, 1.807) is 24.3 Å². The number of hydrogen-bond donors (Lipinski definition) is 2. The van der Waals surface area contributed by atoms with E-state index in [0.29, 0.717) is 16.7 Å². The van der Waals surface area contributed by atoms with Gasteiger partial charge in [0.15, 0.2) is 0 Å². The molecule has 22 heavy (non-hydrogen) atoms. The first-order chi connectivity index (χ1) is 10.5. The highest BCUT2D eigenvalue weighted by molar-refractivity contribution is 6.05. The molecule has 0 aliphatic rings. The van der Waals surface area contributed by atoms with Gasteiger partial charge in [-0.15, -0.1) is 0 Å². The quantitative estimate of drug-likeness (QED) is 0.763. The number of fused-ring (bicyclic) bond motifs is 1. The lowest BCUT2D eigenvalue weighted by atomic mass is 10.1. The van der Waals surface area contributed by atoms with Crippen LogP contribution in [-0.2, 0) is 0 Å². The van der Waals surface area contributed by atoms with Crippen molar-refractivity contribution < 1.29 is 4.79 Å². The highest BCUT2D eigenvalue weighted by Gasteiger charge is 2.13. The molecule has 1 aromatic carbocycles. The summed E-state index contributed by atoms with van der Waals surface area (Å²) in [6.45, 7) is 3.81. The third-order valence-corrected chi connectivity index (χ3v) is 3.43. The molecular weight excluding hydrogens is 278 g/mol. The van der Waals surface area contributed by atoms with Gasteiger partial charge in [-0.05, 0) is 38.1 Å². The number of rotatable bonds is 2. The second-order valence-electron chi connectivity index (χ2n) is 5.20. The Hall–Kier alpha value is -2.95. The Bertz CT molecular complexity index is 911. The van der Waals surface area contributed by atoms with Crippen LogP contribution in [0.5, 0.6) is 0 Å². The molecule has 5 nitrogen and oxygen atoms in total. The largest absolute Gasteiger partial charge is 0.345 e. The van der Waals surface area contributed by atoms with Crippen molar-refractivity contribution in [3.8, 4) is 0 Å². The fourth-order valence-corrected chi connectivity index (χ4v) is 2.21. The lowest BCUT2D eigenvalue weighted by Gasteiger charge is -2.06. The first-order valence-corrected chi connectivity index (χ1v) is 6.91. The average molecular weight is 293 g/mol. The summed E-state index contributed by atoms with van der Waals surface area (Å²) in [7, 11) is 0. The van der Waals surface area contributed by atoms with E-state index in [4.69, 9.17) is 0 Å². The van der Waals surface area contributed by atoms with Crippen LogP contribution in [0.2, 0.25) is 0 Å². The van der Waals surface area contributed by atoms with E-state index >= 15 is 0 Å². The first kappa shape index (κ1) is 14.0. The summed E-state index contributed by atoms with van der Waals surface area (Å²) in [4.78, 5) is 31.8. The topological polar surface area (TPSA) is 74.8 Å². The molecule has 0 aliphatic carbocycles.